The molecule has 4 rings (SSSR count). The summed E-state index contributed by atoms with van der Waals surface area (Å²) in [5.41, 5.74) is 3.96. The molecule has 2 aromatic carbocycles. The zero-order valence-electron chi connectivity index (χ0n) is 14.6. The summed E-state index contributed by atoms with van der Waals surface area (Å²) in [6.45, 7) is 1.89. The molecule has 0 unspecified atom stereocenters. The lowest BCUT2D eigenvalue weighted by Crippen LogP contribution is -2.30. The topological polar surface area (TPSA) is 58.6 Å². The van der Waals surface area contributed by atoms with Gasteiger partial charge >= 0.3 is 0 Å². The summed E-state index contributed by atoms with van der Waals surface area (Å²) >= 11 is 0. The lowest BCUT2D eigenvalue weighted by molar-refractivity contribution is -0.120. The van der Waals surface area contributed by atoms with Gasteiger partial charge in [-0.15, -0.1) is 0 Å². The monoisotopic (exact) mass is 350 g/mol. The Hall–Kier alpha value is -2.66. The van der Waals surface area contributed by atoms with Gasteiger partial charge in [0.1, 0.15) is 0 Å². The van der Waals surface area contributed by atoms with Crippen LogP contribution in [0.4, 0.5) is 11.4 Å². The Morgan fingerprint density at radius 1 is 1.12 bits per heavy atom. The fourth-order valence-corrected chi connectivity index (χ4v) is 3.56. The number of para-hydroxylation sites is 1. The molecule has 2 amide bonds. The summed E-state index contributed by atoms with van der Waals surface area (Å²) in [5, 5.41) is 2.92. The molecule has 2 heterocycles. The summed E-state index contributed by atoms with van der Waals surface area (Å²) in [6, 6.07) is 15.6. The average molecular weight is 350 g/mol. The van der Waals surface area contributed by atoms with Crippen molar-refractivity contribution < 1.29 is 14.3 Å². The first-order valence-electron chi connectivity index (χ1n) is 9.06. The first-order chi connectivity index (χ1) is 12.7. The molecule has 0 aliphatic carbocycles. The van der Waals surface area contributed by atoms with E-state index in [1.807, 2.05) is 47.4 Å². The Morgan fingerprint density at radius 3 is 2.69 bits per heavy atom. The van der Waals surface area contributed by atoms with Crippen molar-refractivity contribution in [2.24, 2.45) is 5.92 Å². The smallest absolute Gasteiger partial charge is 0.231 e. The standard InChI is InChI=1S/C21H22N2O3/c24-20(23-11-9-16-3-1-2-4-19(16)23)13-15-5-7-18(8-6-15)22-21(25)17-10-12-26-14-17/h1-8,17H,9-14H2,(H,22,25)/t17-/m1/s1. The van der Waals surface area contributed by atoms with Crippen molar-refractivity contribution in [1.82, 2.24) is 0 Å². The Labute approximate surface area is 153 Å². The number of ether oxygens (including phenoxy) is 1. The molecule has 0 bridgehead atoms. The quantitative estimate of drug-likeness (QED) is 0.922. The highest BCUT2D eigenvalue weighted by atomic mass is 16.5. The molecule has 0 spiro atoms. The number of hydrogen-bond acceptors (Lipinski definition) is 3. The van der Waals surface area contributed by atoms with Gasteiger partial charge in [-0.1, -0.05) is 30.3 Å². The van der Waals surface area contributed by atoms with E-state index in [4.69, 9.17) is 4.74 Å². The van der Waals surface area contributed by atoms with Crippen LogP contribution in [-0.2, 0) is 27.2 Å². The molecule has 1 fully saturated rings. The van der Waals surface area contributed by atoms with Gasteiger partial charge in [0, 0.05) is 24.5 Å². The van der Waals surface area contributed by atoms with Crippen molar-refractivity contribution in [1.29, 1.82) is 0 Å². The maximum atomic E-state index is 12.7. The number of benzene rings is 2. The first kappa shape index (κ1) is 16.8. The van der Waals surface area contributed by atoms with Crippen LogP contribution in [0.25, 0.3) is 0 Å². The van der Waals surface area contributed by atoms with Gasteiger partial charge in [-0.3, -0.25) is 9.59 Å². The van der Waals surface area contributed by atoms with Gasteiger partial charge < -0.3 is 15.0 Å². The van der Waals surface area contributed by atoms with E-state index in [1.165, 1.54) is 5.56 Å². The number of carbonyl (C=O) groups excluding carboxylic acids is 2. The third-order valence-corrected chi connectivity index (χ3v) is 5.07. The van der Waals surface area contributed by atoms with Crippen LogP contribution in [0, 0.1) is 5.92 Å². The van der Waals surface area contributed by atoms with Crippen molar-refractivity contribution in [2.75, 3.05) is 30.0 Å². The van der Waals surface area contributed by atoms with Gasteiger partial charge in [-0.25, -0.2) is 0 Å². The van der Waals surface area contributed by atoms with Crippen LogP contribution in [0.3, 0.4) is 0 Å². The number of rotatable bonds is 4. The highest BCUT2D eigenvalue weighted by molar-refractivity contribution is 5.97. The third kappa shape index (κ3) is 3.48. The number of hydrogen-bond donors (Lipinski definition) is 1. The fourth-order valence-electron chi connectivity index (χ4n) is 3.56. The van der Waals surface area contributed by atoms with Crippen molar-refractivity contribution in [3.05, 3.63) is 59.7 Å². The molecular weight excluding hydrogens is 328 g/mol. The van der Waals surface area contributed by atoms with Gasteiger partial charge in [-0.05, 0) is 42.2 Å². The Morgan fingerprint density at radius 2 is 1.92 bits per heavy atom. The molecule has 2 aliphatic heterocycles. The molecule has 134 valence electrons. The Bertz CT molecular complexity index is 810. The number of anilines is 2. The zero-order valence-corrected chi connectivity index (χ0v) is 14.6. The minimum atomic E-state index is -0.0634. The third-order valence-electron chi connectivity index (χ3n) is 5.07. The molecule has 0 radical (unpaired) electrons. The number of fused-ring (bicyclic) bond motifs is 1. The van der Waals surface area contributed by atoms with Crippen molar-refractivity contribution in [3.8, 4) is 0 Å². The predicted molar refractivity (Wildman–Crippen MR) is 100 cm³/mol. The molecule has 1 N–H and O–H groups in total. The molecule has 5 heteroatoms. The summed E-state index contributed by atoms with van der Waals surface area (Å²) in [4.78, 5) is 26.6. The molecular formula is C21H22N2O3. The van der Waals surface area contributed by atoms with Crippen LogP contribution in [0.5, 0.6) is 0 Å². The molecule has 1 atom stereocenters. The highest BCUT2D eigenvalue weighted by Crippen LogP contribution is 2.28. The van der Waals surface area contributed by atoms with E-state index in [0.717, 1.165) is 36.3 Å². The van der Waals surface area contributed by atoms with E-state index in [0.29, 0.717) is 19.6 Å². The minimum absolute atomic E-state index is 0.000000123. The van der Waals surface area contributed by atoms with Crippen LogP contribution in [0.1, 0.15) is 17.5 Å². The zero-order chi connectivity index (χ0) is 17.9. The summed E-state index contributed by atoms with van der Waals surface area (Å²) in [5.74, 6) is 0.0429. The van der Waals surface area contributed by atoms with Crippen LogP contribution >= 0.6 is 0 Å². The van der Waals surface area contributed by atoms with Crippen LogP contribution in [0.15, 0.2) is 48.5 Å². The number of nitrogens with one attached hydrogen (secondary N) is 1. The maximum Gasteiger partial charge on any atom is 0.231 e. The van der Waals surface area contributed by atoms with E-state index in [9.17, 15) is 9.59 Å². The second-order valence-corrected chi connectivity index (χ2v) is 6.85. The van der Waals surface area contributed by atoms with E-state index in [2.05, 4.69) is 11.4 Å². The SMILES string of the molecule is O=C(Nc1ccc(CC(=O)N2CCc3ccccc32)cc1)[C@@H]1CCOC1. The predicted octanol–water partition coefficient (Wildman–Crippen LogP) is 2.79. The molecule has 0 saturated carbocycles. The average Bonchev–Trinajstić information content (AvgIpc) is 3.33. The minimum Gasteiger partial charge on any atom is -0.381 e. The van der Waals surface area contributed by atoms with Crippen molar-refractivity contribution >= 4 is 23.2 Å². The molecule has 26 heavy (non-hydrogen) atoms. The van der Waals surface area contributed by atoms with Crippen molar-refractivity contribution in [2.45, 2.75) is 19.3 Å². The van der Waals surface area contributed by atoms with E-state index >= 15 is 0 Å². The summed E-state index contributed by atoms with van der Waals surface area (Å²) in [7, 11) is 0. The fraction of sp³-hybridized carbons (Fsp3) is 0.333. The second kappa shape index (κ2) is 7.30. The van der Waals surface area contributed by atoms with Gasteiger partial charge in [0.25, 0.3) is 0 Å². The summed E-state index contributed by atoms with van der Waals surface area (Å²) < 4.78 is 5.25. The highest BCUT2D eigenvalue weighted by Gasteiger charge is 2.25. The normalized spacial score (nSPS) is 18.6. The van der Waals surface area contributed by atoms with Gasteiger partial charge in [0.15, 0.2) is 0 Å². The van der Waals surface area contributed by atoms with Crippen molar-refractivity contribution in [3.63, 3.8) is 0 Å². The van der Waals surface area contributed by atoms with Gasteiger partial charge in [0.2, 0.25) is 11.8 Å². The molecule has 0 aromatic heterocycles. The number of amides is 2. The number of nitrogens with zero attached hydrogens (tertiary/aromatic N) is 1. The largest absolute Gasteiger partial charge is 0.381 e. The van der Waals surface area contributed by atoms with Gasteiger partial charge in [0.05, 0.1) is 18.9 Å². The van der Waals surface area contributed by atoms with Gasteiger partial charge in [-0.2, -0.15) is 0 Å². The van der Waals surface area contributed by atoms with E-state index in [-0.39, 0.29) is 17.7 Å². The van der Waals surface area contributed by atoms with Crippen LogP contribution in [0.2, 0.25) is 0 Å². The lowest BCUT2D eigenvalue weighted by Gasteiger charge is -2.17. The molecule has 2 aromatic rings. The first-order valence-corrected chi connectivity index (χ1v) is 9.06. The Balaban J connectivity index is 1.37. The summed E-state index contributed by atoms with van der Waals surface area (Å²) in [6.07, 6.45) is 2.05. The lowest BCUT2D eigenvalue weighted by atomic mass is 10.1. The van der Waals surface area contributed by atoms with Crippen LogP contribution in [-0.4, -0.2) is 31.6 Å². The second-order valence-electron chi connectivity index (χ2n) is 6.85. The van der Waals surface area contributed by atoms with E-state index < -0.39 is 0 Å². The molecule has 5 nitrogen and oxygen atoms in total. The van der Waals surface area contributed by atoms with E-state index in [1.54, 1.807) is 0 Å². The van der Waals surface area contributed by atoms with Crippen LogP contribution < -0.4 is 10.2 Å². The molecule has 2 aliphatic rings. The Kier molecular flexibility index (Phi) is 4.71. The maximum absolute atomic E-state index is 12.7. The number of carbonyl (C=O) groups is 2. The molecule has 1 saturated heterocycles.